The first-order valence-corrected chi connectivity index (χ1v) is 10.2. The number of hydrogen-bond donors (Lipinski definition) is 2. The quantitative estimate of drug-likeness (QED) is 0.658. The van der Waals surface area contributed by atoms with Crippen LogP contribution >= 0.6 is 0 Å². The summed E-state index contributed by atoms with van der Waals surface area (Å²) in [4.78, 5) is 23.9. The topological polar surface area (TPSA) is 102 Å². The van der Waals surface area contributed by atoms with Gasteiger partial charge in [-0.2, -0.15) is 0 Å². The Kier molecular flexibility index (Phi) is 7.31. The van der Waals surface area contributed by atoms with Crippen LogP contribution in [0.25, 0.3) is 0 Å². The summed E-state index contributed by atoms with van der Waals surface area (Å²) in [5.41, 5.74) is 3.64. The highest BCUT2D eigenvalue weighted by Gasteiger charge is 2.12. The minimum atomic E-state index is -3.48. The maximum atomic E-state index is 11.9. The summed E-state index contributed by atoms with van der Waals surface area (Å²) < 4.78 is 30.6. The van der Waals surface area contributed by atoms with Crippen molar-refractivity contribution >= 4 is 27.6 Å². The summed E-state index contributed by atoms with van der Waals surface area (Å²) in [6.07, 6.45) is 0.479. The minimum absolute atomic E-state index is 0.0923. The summed E-state index contributed by atoms with van der Waals surface area (Å²) in [7, 11) is -2.14. The van der Waals surface area contributed by atoms with Gasteiger partial charge in [0.25, 0.3) is 5.91 Å². The van der Waals surface area contributed by atoms with E-state index in [1.165, 1.54) is 19.2 Å². The molecule has 2 aromatic rings. The van der Waals surface area contributed by atoms with Crippen LogP contribution in [0.3, 0.4) is 0 Å². The third-order valence-electron chi connectivity index (χ3n) is 4.28. The Labute approximate surface area is 165 Å². The number of nitrogens with one attached hydrogen (secondary N) is 2. The lowest BCUT2D eigenvalue weighted by molar-refractivity contribution is -0.147. The number of anilines is 1. The fourth-order valence-electron chi connectivity index (χ4n) is 2.43. The van der Waals surface area contributed by atoms with Crippen LogP contribution in [0.1, 0.15) is 23.1 Å². The Balaban J connectivity index is 1.77. The molecule has 2 rings (SSSR count). The van der Waals surface area contributed by atoms with Gasteiger partial charge in [0, 0.05) is 12.1 Å². The molecule has 0 heterocycles. The third-order valence-corrected chi connectivity index (χ3v) is 5.71. The molecule has 2 aromatic carbocycles. The van der Waals surface area contributed by atoms with Gasteiger partial charge in [0.1, 0.15) is 0 Å². The molecule has 150 valence electrons. The molecule has 7 nitrogen and oxygen atoms in total. The van der Waals surface area contributed by atoms with Crippen LogP contribution in [0.4, 0.5) is 5.69 Å². The van der Waals surface area contributed by atoms with E-state index >= 15 is 0 Å². The zero-order valence-corrected chi connectivity index (χ0v) is 16.9. The molecule has 28 heavy (non-hydrogen) atoms. The predicted molar refractivity (Wildman–Crippen MR) is 107 cm³/mol. The highest BCUT2D eigenvalue weighted by molar-refractivity contribution is 7.89. The molecule has 0 unspecified atom stereocenters. The average molecular weight is 404 g/mol. The average Bonchev–Trinajstić information content (AvgIpc) is 2.68. The van der Waals surface area contributed by atoms with E-state index in [0.717, 1.165) is 16.7 Å². The highest BCUT2D eigenvalue weighted by Crippen LogP contribution is 2.14. The van der Waals surface area contributed by atoms with Crippen molar-refractivity contribution in [1.29, 1.82) is 0 Å². The third kappa shape index (κ3) is 6.17. The molecule has 1 amide bonds. The van der Waals surface area contributed by atoms with Crippen LogP contribution < -0.4 is 10.0 Å². The number of carbonyl (C=O) groups excluding carboxylic acids is 2. The summed E-state index contributed by atoms with van der Waals surface area (Å²) in [6, 6.07) is 11.8. The van der Waals surface area contributed by atoms with Crippen molar-refractivity contribution in [3.05, 3.63) is 59.2 Å². The second kappa shape index (κ2) is 9.48. The van der Waals surface area contributed by atoms with Crippen LogP contribution in [-0.2, 0) is 30.8 Å². The Hall–Kier alpha value is -2.71. The number of rotatable bonds is 8. The Bertz CT molecular complexity index is 953. The Morgan fingerprint density at radius 1 is 1.00 bits per heavy atom. The molecule has 0 saturated carbocycles. The van der Waals surface area contributed by atoms with Gasteiger partial charge in [0.2, 0.25) is 10.0 Å². The number of ether oxygens (including phenoxy) is 1. The number of esters is 1. The molecule has 0 fully saturated rings. The molecule has 0 aliphatic rings. The van der Waals surface area contributed by atoms with Gasteiger partial charge in [-0.1, -0.05) is 18.2 Å². The lowest BCUT2D eigenvalue weighted by atomic mass is 10.1. The van der Waals surface area contributed by atoms with E-state index in [-0.39, 0.29) is 17.9 Å². The largest absolute Gasteiger partial charge is 0.456 e. The van der Waals surface area contributed by atoms with Crippen LogP contribution in [-0.4, -0.2) is 33.9 Å². The van der Waals surface area contributed by atoms with Gasteiger partial charge >= 0.3 is 5.97 Å². The number of sulfonamides is 1. The fraction of sp³-hybridized carbons (Fsp3) is 0.300. The number of hydrogen-bond acceptors (Lipinski definition) is 5. The number of carbonyl (C=O) groups is 2. The molecule has 0 atom stereocenters. The number of amides is 1. The fourth-order valence-corrected chi connectivity index (χ4v) is 3.16. The van der Waals surface area contributed by atoms with E-state index in [1.54, 1.807) is 18.2 Å². The lowest BCUT2D eigenvalue weighted by Crippen LogP contribution is -2.21. The van der Waals surface area contributed by atoms with Crippen LogP contribution in [0.15, 0.2) is 47.4 Å². The van der Waals surface area contributed by atoms with Gasteiger partial charge in [-0.3, -0.25) is 9.59 Å². The molecule has 8 heteroatoms. The number of aryl methyl sites for hydroxylation is 3. The first-order valence-electron chi connectivity index (χ1n) is 8.76. The number of benzene rings is 2. The lowest BCUT2D eigenvalue weighted by Gasteiger charge is -2.09. The van der Waals surface area contributed by atoms with Gasteiger partial charge < -0.3 is 10.1 Å². The van der Waals surface area contributed by atoms with E-state index in [2.05, 4.69) is 10.0 Å². The molecule has 0 aliphatic heterocycles. The monoisotopic (exact) mass is 404 g/mol. The van der Waals surface area contributed by atoms with Crippen molar-refractivity contribution in [1.82, 2.24) is 4.72 Å². The zero-order chi connectivity index (χ0) is 20.7. The summed E-state index contributed by atoms with van der Waals surface area (Å²) in [6.45, 7) is 3.58. The smallest absolute Gasteiger partial charge is 0.306 e. The normalized spacial score (nSPS) is 11.1. The first-order chi connectivity index (χ1) is 13.2. The zero-order valence-electron chi connectivity index (χ0n) is 16.1. The summed E-state index contributed by atoms with van der Waals surface area (Å²) >= 11 is 0. The minimum Gasteiger partial charge on any atom is -0.456 e. The van der Waals surface area contributed by atoms with Crippen molar-refractivity contribution in [3.63, 3.8) is 0 Å². The maximum absolute atomic E-state index is 11.9. The van der Waals surface area contributed by atoms with Crippen LogP contribution in [0.2, 0.25) is 0 Å². The van der Waals surface area contributed by atoms with Crippen molar-refractivity contribution in [3.8, 4) is 0 Å². The second-order valence-corrected chi connectivity index (χ2v) is 8.25. The molecular formula is C20H24N2O5S. The van der Waals surface area contributed by atoms with E-state index in [4.69, 9.17) is 4.74 Å². The molecule has 0 aromatic heterocycles. The highest BCUT2D eigenvalue weighted by atomic mass is 32.2. The molecular weight excluding hydrogens is 380 g/mol. The van der Waals surface area contributed by atoms with E-state index in [0.29, 0.717) is 12.1 Å². The van der Waals surface area contributed by atoms with Gasteiger partial charge in [-0.15, -0.1) is 0 Å². The van der Waals surface area contributed by atoms with Gasteiger partial charge in [0.05, 0.1) is 4.90 Å². The Morgan fingerprint density at radius 3 is 2.29 bits per heavy atom. The molecule has 0 aliphatic carbocycles. The van der Waals surface area contributed by atoms with Crippen molar-refractivity contribution in [2.24, 2.45) is 0 Å². The van der Waals surface area contributed by atoms with Crippen LogP contribution in [0, 0.1) is 13.8 Å². The van der Waals surface area contributed by atoms with Crippen molar-refractivity contribution in [2.75, 3.05) is 19.0 Å². The van der Waals surface area contributed by atoms with Crippen LogP contribution in [0.5, 0.6) is 0 Å². The second-order valence-electron chi connectivity index (χ2n) is 6.36. The van der Waals surface area contributed by atoms with E-state index < -0.39 is 21.9 Å². The first kappa shape index (κ1) is 21.6. The van der Waals surface area contributed by atoms with E-state index in [9.17, 15) is 18.0 Å². The molecule has 2 N–H and O–H groups in total. The molecule has 0 bridgehead atoms. The maximum Gasteiger partial charge on any atom is 0.306 e. The SMILES string of the molecule is CNS(=O)(=O)c1ccc(CCC(=O)OCC(=O)Nc2ccc(C)c(C)c2)cc1. The molecule has 0 saturated heterocycles. The van der Waals surface area contributed by atoms with E-state index in [1.807, 2.05) is 26.0 Å². The molecule has 0 radical (unpaired) electrons. The van der Waals surface area contributed by atoms with Crippen molar-refractivity contribution in [2.45, 2.75) is 31.6 Å². The Morgan fingerprint density at radius 2 is 1.68 bits per heavy atom. The predicted octanol–water partition coefficient (Wildman–Crippen LogP) is 2.33. The summed E-state index contributed by atoms with van der Waals surface area (Å²) in [5.74, 6) is -0.902. The van der Waals surface area contributed by atoms with Gasteiger partial charge in [-0.05, 0) is 68.3 Å². The van der Waals surface area contributed by atoms with Gasteiger partial charge in [0.15, 0.2) is 6.61 Å². The van der Waals surface area contributed by atoms with Crippen molar-refractivity contribution < 1.29 is 22.7 Å². The molecule has 0 spiro atoms. The van der Waals surface area contributed by atoms with Gasteiger partial charge in [-0.25, -0.2) is 13.1 Å². The standard InChI is InChI=1S/C20H24N2O5S/c1-14-4-8-17(12-15(14)2)22-19(23)13-27-20(24)11-7-16-5-9-18(10-6-16)28(25,26)21-3/h4-6,8-10,12,21H,7,11,13H2,1-3H3,(H,22,23). The summed E-state index contributed by atoms with van der Waals surface area (Å²) in [5, 5.41) is 2.69.